The van der Waals surface area contributed by atoms with Crippen LogP contribution in [0, 0.1) is 5.92 Å². The van der Waals surface area contributed by atoms with Gasteiger partial charge in [-0.2, -0.15) is 8.78 Å². The first-order valence-electron chi connectivity index (χ1n) is 12.4. The molecule has 0 bridgehead atoms. The molecule has 0 aliphatic heterocycles. The number of hydrogen-bond acceptors (Lipinski definition) is 5. The molecule has 0 aromatic carbocycles. The molecule has 36 heavy (non-hydrogen) atoms. The maximum atomic E-state index is 14.6. The van der Waals surface area contributed by atoms with E-state index >= 15 is 0 Å². The van der Waals surface area contributed by atoms with Crippen molar-refractivity contribution >= 4 is 11.8 Å². The largest absolute Gasteiger partial charge is 0.381 e. The Morgan fingerprint density at radius 3 is 2.42 bits per heavy atom. The van der Waals surface area contributed by atoms with Crippen LogP contribution in [0.3, 0.4) is 0 Å². The molecule has 4 N–H and O–H groups in total. The van der Waals surface area contributed by atoms with Gasteiger partial charge in [0.1, 0.15) is 5.83 Å². The average molecular weight is 524 g/mol. The molecule has 2 unspecified atom stereocenters. The molecule has 204 valence electrons. The molecule has 7 nitrogen and oxygen atoms in total. The van der Waals surface area contributed by atoms with Gasteiger partial charge in [0.25, 0.3) is 5.91 Å². The Balaban J connectivity index is 1.62. The van der Waals surface area contributed by atoms with Crippen molar-refractivity contribution in [3.63, 3.8) is 0 Å². The Kier molecular flexibility index (Phi) is 9.50. The molecule has 0 heterocycles. The lowest BCUT2D eigenvalue weighted by molar-refractivity contribution is -0.250. The molecule has 0 saturated heterocycles. The Morgan fingerprint density at radius 1 is 1.17 bits per heavy atom. The number of amides is 2. The third kappa shape index (κ3) is 9.44. The molecule has 12 heteroatoms. The lowest BCUT2D eigenvalue weighted by Gasteiger charge is -2.29. The quantitative estimate of drug-likeness (QED) is 0.247. The lowest BCUT2D eigenvalue weighted by atomic mass is 10.0. The molecule has 2 fully saturated rings. The van der Waals surface area contributed by atoms with Crippen molar-refractivity contribution in [2.45, 2.75) is 101 Å². The van der Waals surface area contributed by atoms with Crippen LogP contribution in [0.25, 0.3) is 0 Å². The standard InChI is InChI=1S/C24H34F5N3O4/c1-2-18(20(33)22(35)31-16-7-8-16)32-21(34)19(12-23(26,27)11-14-3-4-14)30-13-24(28,29)36-17-9-5-15(25)6-10-17/h5-6,9,14,16-20,30,33H,2-4,7-8,10-13H2,1H3,(H,31,35)(H,32,34)/t17?,18-,19-,20?/m0/s1. The highest BCUT2D eigenvalue weighted by atomic mass is 19.3. The summed E-state index contributed by atoms with van der Waals surface area (Å²) < 4.78 is 75.8. The minimum absolute atomic E-state index is 0.0379. The third-order valence-electron chi connectivity index (χ3n) is 6.34. The lowest BCUT2D eigenvalue weighted by Crippen LogP contribution is -2.57. The summed E-state index contributed by atoms with van der Waals surface area (Å²) in [6.45, 7) is 0.336. The zero-order chi connectivity index (χ0) is 26.5. The summed E-state index contributed by atoms with van der Waals surface area (Å²) in [6, 6.07) is -2.87. The van der Waals surface area contributed by atoms with Gasteiger partial charge in [-0.1, -0.05) is 13.0 Å². The van der Waals surface area contributed by atoms with Gasteiger partial charge in [0.05, 0.1) is 24.7 Å². The predicted octanol–water partition coefficient (Wildman–Crippen LogP) is 3.10. The van der Waals surface area contributed by atoms with Crippen LogP contribution >= 0.6 is 0 Å². The summed E-state index contributed by atoms with van der Waals surface area (Å²) in [5.41, 5.74) is 0. The van der Waals surface area contributed by atoms with Crippen molar-refractivity contribution in [1.82, 2.24) is 16.0 Å². The fourth-order valence-corrected chi connectivity index (χ4v) is 3.94. The number of ether oxygens (including phenoxy) is 1. The minimum atomic E-state index is -3.84. The third-order valence-corrected chi connectivity index (χ3v) is 6.34. The molecule has 4 atom stereocenters. The zero-order valence-corrected chi connectivity index (χ0v) is 20.1. The van der Waals surface area contributed by atoms with Crippen molar-refractivity contribution in [3.8, 4) is 0 Å². The van der Waals surface area contributed by atoms with Crippen LogP contribution in [-0.2, 0) is 14.3 Å². The van der Waals surface area contributed by atoms with Gasteiger partial charge in [-0.05, 0) is 56.6 Å². The van der Waals surface area contributed by atoms with Crippen LogP contribution in [0.4, 0.5) is 22.0 Å². The van der Waals surface area contributed by atoms with Gasteiger partial charge in [-0.3, -0.25) is 14.9 Å². The van der Waals surface area contributed by atoms with E-state index in [0.717, 1.165) is 31.1 Å². The number of aliphatic hydroxyl groups is 1. The highest BCUT2D eigenvalue weighted by Crippen LogP contribution is 2.41. The van der Waals surface area contributed by atoms with Gasteiger partial charge >= 0.3 is 6.11 Å². The first-order chi connectivity index (χ1) is 16.9. The number of carbonyl (C=O) groups excluding carboxylic acids is 2. The Bertz CT molecular complexity index is 846. The first kappa shape index (κ1) is 28.5. The van der Waals surface area contributed by atoms with E-state index in [0.29, 0.717) is 12.8 Å². The molecule has 0 spiro atoms. The topological polar surface area (TPSA) is 99.7 Å². The van der Waals surface area contributed by atoms with E-state index < -0.39 is 73.4 Å². The van der Waals surface area contributed by atoms with Gasteiger partial charge in [0, 0.05) is 18.9 Å². The number of aliphatic hydroxyl groups excluding tert-OH is 1. The molecule has 3 aliphatic carbocycles. The van der Waals surface area contributed by atoms with Crippen LogP contribution in [0.5, 0.6) is 0 Å². The van der Waals surface area contributed by atoms with E-state index in [2.05, 4.69) is 20.7 Å². The molecule has 0 aromatic rings. The summed E-state index contributed by atoms with van der Waals surface area (Å²) in [5.74, 6) is -5.77. The van der Waals surface area contributed by atoms with Crippen molar-refractivity contribution < 1.29 is 41.4 Å². The predicted molar refractivity (Wildman–Crippen MR) is 121 cm³/mol. The number of alkyl halides is 4. The second-order valence-corrected chi connectivity index (χ2v) is 9.87. The zero-order valence-electron chi connectivity index (χ0n) is 20.1. The normalized spacial score (nSPS) is 23.0. The molecule has 3 aliphatic rings. The number of hydrogen-bond donors (Lipinski definition) is 4. The van der Waals surface area contributed by atoms with Gasteiger partial charge in [0.15, 0.2) is 6.10 Å². The average Bonchev–Trinajstić information content (AvgIpc) is 3.73. The van der Waals surface area contributed by atoms with Crippen LogP contribution < -0.4 is 16.0 Å². The van der Waals surface area contributed by atoms with Crippen molar-refractivity contribution in [2.75, 3.05) is 6.54 Å². The first-order valence-corrected chi connectivity index (χ1v) is 12.4. The van der Waals surface area contributed by atoms with Gasteiger partial charge in [0.2, 0.25) is 11.8 Å². The fourth-order valence-electron chi connectivity index (χ4n) is 3.94. The fraction of sp³-hybridized carbons (Fsp3) is 0.750. The van der Waals surface area contributed by atoms with E-state index in [1.54, 1.807) is 6.92 Å². The monoisotopic (exact) mass is 523 g/mol. The smallest absolute Gasteiger partial charge is 0.368 e. The van der Waals surface area contributed by atoms with Crippen LogP contribution in [0.1, 0.15) is 58.3 Å². The second-order valence-electron chi connectivity index (χ2n) is 9.87. The van der Waals surface area contributed by atoms with Crippen molar-refractivity contribution in [1.29, 1.82) is 0 Å². The summed E-state index contributed by atoms with van der Waals surface area (Å²) in [5, 5.41) is 17.5. The second kappa shape index (κ2) is 12.0. The van der Waals surface area contributed by atoms with E-state index in [-0.39, 0.29) is 24.8 Å². The van der Waals surface area contributed by atoms with E-state index in [9.17, 15) is 36.6 Å². The summed E-state index contributed by atoms with van der Waals surface area (Å²) in [6.07, 6.45) is -2.04. The maximum absolute atomic E-state index is 14.6. The maximum Gasteiger partial charge on any atom is 0.368 e. The van der Waals surface area contributed by atoms with Crippen LogP contribution in [0.2, 0.25) is 0 Å². The molecule has 2 saturated carbocycles. The molecule has 3 rings (SSSR count). The Hall–Kier alpha value is -2.05. The molecule has 2 amide bonds. The van der Waals surface area contributed by atoms with Gasteiger partial charge in [-0.25, -0.2) is 13.2 Å². The highest BCUT2D eigenvalue weighted by molar-refractivity contribution is 5.85. The highest BCUT2D eigenvalue weighted by Gasteiger charge is 2.43. The van der Waals surface area contributed by atoms with Gasteiger partial charge in [-0.15, -0.1) is 0 Å². The number of allylic oxidation sites excluding steroid dienone is 2. The number of nitrogens with one attached hydrogen (secondary N) is 3. The minimum Gasteiger partial charge on any atom is -0.381 e. The molecule has 0 radical (unpaired) electrons. The van der Waals surface area contributed by atoms with Crippen molar-refractivity contribution in [2.24, 2.45) is 5.92 Å². The van der Waals surface area contributed by atoms with E-state index in [4.69, 9.17) is 0 Å². The van der Waals surface area contributed by atoms with Crippen molar-refractivity contribution in [3.05, 3.63) is 24.1 Å². The summed E-state index contributed by atoms with van der Waals surface area (Å²) in [4.78, 5) is 25.1. The number of carbonyl (C=O) groups is 2. The number of rotatable bonds is 15. The summed E-state index contributed by atoms with van der Waals surface area (Å²) in [7, 11) is 0. The summed E-state index contributed by atoms with van der Waals surface area (Å²) >= 11 is 0. The van der Waals surface area contributed by atoms with E-state index in [1.807, 2.05) is 0 Å². The molecular formula is C24H34F5N3O4. The van der Waals surface area contributed by atoms with E-state index in [1.165, 1.54) is 0 Å². The number of halogens is 5. The van der Waals surface area contributed by atoms with Crippen LogP contribution in [0.15, 0.2) is 24.1 Å². The molecular weight excluding hydrogens is 489 g/mol. The van der Waals surface area contributed by atoms with Gasteiger partial charge < -0.3 is 20.5 Å². The Labute approximate surface area is 206 Å². The Morgan fingerprint density at radius 2 is 1.86 bits per heavy atom. The molecule has 0 aromatic heterocycles. The SMILES string of the molecule is CC[C@H](NC(=O)[C@H](CC(F)(F)CC1CC1)NCC(F)(F)OC1C=CC(F)=CC1)C(O)C(=O)NC1CC1. The van der Waals surface area contributed by atoms with Crippen LogP contribution in [-0.4, -0.2) is 65.8 Å².